The third-order valence-corrected chi connectivity index (χ3v) is 11.8. The van der Waals surface area contributed by atoms with Crippen molar-refractivity contribution in [1.82, 2.24) is 5.32 Å². The van der Waals surface area contributed by atoms with E-state index in [1.54, 1.807) is 55.4 Å². The molecule has 2 saturated carbocycles. The second kappa shape index (κ2) is 13.5. The van der Waals surface area contributed by atoms with Gasteiger partial charge in [-0.1, -0.05) is 32.8 Å². The van der Waals surface area contributed by atoms with Gasteiger partial charge in [0.25, 0.3) is 0 Å². The van der Waals surface area contributed by atoms with E-state index >= 15 is 0 Å². The Morgan fingerprint density at radius 3 is 2.35 bits per heavy atom. The Labute approximate surface area is 302 Å². The van der Waals surface area contributed by atoms with Crippen molar-refractivity contribution in [3.63, 3.8) is 0 Å². The van der Waals surface area contributed by atoms with Crippen molar-refractivity contribution in [2.24, 2.45) is 34.5 Å². The molecule has 4 fully saturated rings. The number of methoxy groups -OCH3 is 1. The minimum atomic E-state index is -2.31. The number of nitrogens with one attached hydrogen (secondary N) is 1. The fraction of sp³-hybridized carbons (Fsp3) is 0.730. The van der Waals surface area contributed by atoms with Gasteiger partial charge in [0.05, 0.1) is 25.7 Å². The van der Waals surface area contributed by atoms with E-state index in [0.717, 1.165) is 7.11 Å². The lowest BCUT2D eigenvalue weighted by Gasteiger charge is -2.67. The Morgan fingerprint density at radius 1 is 1.12 bits per heavy atom. The van der Waals surface area contributed by atoms with E-state index in [9.17, 15) is 39.0 Å². The molecule has 5 aliphatic rings. The largest absolute Gasteiger partial charge is 0.467 e. The zero-order chi connectivity index (χ0) is 38.9. The first-order valence-electron chi connectivity index (χ1n) is 17.7. The van der Waals surface area contributed by atoms with Gasteiger partial charge >= 0.3 is 30.0 Å². The average Bonchev–Trinajstić information content (AvgIpc) is 3.34. The number of carbonyl (C=O) groups is 6. The van der Waals surface area contributed by atoms with Crippen LogP contribution in [0.15, 0.2) is 23.0 Å². The number of fused-ring (bicyclic) bond motifs is 2. The molecule has 288 valence electrons. The number of hydrogen-bond donors (Lipinski definition) is 3. The number of rotatable bonds is 8. The van der Waals surface area contributed by atoms with Gasteiger partial charge in [-0.25, -0.2) is 24.0 Å². The van der Waals surface area contributed by atoms with Crippen LogP contribution in [-0.4, -0.2) is 101 Å². The summed E-state index contributed by atoms with van der Waals surface area (Å²) >= 11 is 0. The van der Waals surface area contributed by atoms with Crippen molar-refractivity contribution in [1.29, 1.82) is 0 Å². The number of ketones is 1. The minimum Gasteiger partial charge on any atom is -0.467 e. The van der Waals surface area contributed by atoms with Crippen molar-refractivity contribution < 1.29 is 67.4 Å². The first-order valence-corrected chi connectivity index (χ1v) is 17.7. The average molecular weight is 734 g/mol. The highest BCUT2D eigenvalue weighted by Crippen LogP contribution is 2.73. The monoisotopic (exact) mass is 733 g/mol. The topological polar surface area (TPSA) is 210 Å². The molecule has 12 atom stereocenters. The molecule has 2 aliphatic heterocycles. The molecule has 5 rings (SSSR count). The normalized spacial score (nSPS) is 37.3. The number of allylic oxidation sites excluding steroid dienone is 3. The SMILES string of the molecule is CC[C@H](C)[C@H](NC(=O)OC(C)(C)C)C(=O)OC1=C(C)[C@@H]2C[C@H]3OC(=O)[C@H](OC(=O)C=C(C)C)[C@H]4[C@]5(C(=O)OC)OC[C@]34[C@H]([C@@H](O)[C@@H]5O)[C@@]2(C)CC1=O. The predicted octanol–water partition coefficient (Wildman–Crippen LogP) is 2.44. The maximum Gasteiger partial charge on any atom is 0.408 e. The number of Topliss-reactive ketones (excluding diaryl/α,β-unsaturated/α-hetero) is 1. The summed E-state index contributed by atoms with van der Waals surface area (Å²) in [6, 6.07) is -1.15. The van der Waals surface area contributed by atoms with Gasteiger partial charge in [-0.3, -0.25) is 4.79 Å². The number of amides is 1. The predicted molar refractivity (Wildman–Crippen MR) is 179 cm³/mol. The summed E-state index contributed by atoms with van der Waals surface area (Å²) in [5.41, 5.74) is -4.81. The number of aliphatic hydroxyl groups is 2. The number of aliphatic hydroxyl groups excluding tert-OH is 2. The van der Waals surface area contributed by atoms with Gasteiger partial charge in [0.1, 0.15) is 23.9 Å². The molecule has 0 aromatic carbocycles. The highest BCUT2D eigenvalue weighted by Gasteiger charge is 2.85. The molecule has 0 radical (unpaired) electrons. The molecular formula is C37H51NO14. The van der Waals surface area contributed by atoms with Crippen LogP contribution in [0.25, 0.3) is 0 Å². The van der Waals surface area contributed by atoms with Crippen LogP contribution in [0.4, 0.5) is 4.79 Å². The van der Waals surface area contributed by atoms with Crippen molar-refractivity contribution in [3.8, 4) is 0 Å². The number of alkyl carbamates (subject to hydrolysis) is 1. The number of ether oxygens (including phenoxy) is 6. The summed E-state index contributed by atoms with van der Waals surface area (Å²) in [4.78, 5) is 80.8. The summed E-state index contributed by atoms with van der Waals surface area (Å²) in [7, 11) is 1.07. The van der Waals surface area contributed by atoms with E-state index in [-0.39, 0.29) is 25.2 Å². The van der Waals surface area contributed by atoms with Crippen molar-refractivity contribution in [2.75, 3.05) is 13.7 Å². The van der Waals surface area contributed by atoms with E-state index in [2.05, 4.69) is 5.32 Å². The van der Waals surface area contributed by atoms with Crippen LogP contribution in [0.1, 0.15) is 81.6 Å². The zero-order valence-electron chi connectivity index (χ0n) is 31.4. The van der Waals surface area contributed by atoms with Gasteiger partial charge < -0.3 is 44.0 Å². The molecule has 2 saturated heterocycles. The molecule has 0 aromatic rings. The van der Waals surface area contributed by atoms with Crippen LogP contribution in [0, 0.1) is 34.5 Å². The molecule has 15 nitrogen and oxygen atoms in total. The highest BCUT2D eigenvalue weighted by atomic mass is 16.6. The third kappa shape index (κ3) is 6.02. The first kappa shape index (κ1) is 39.4. The van der Waals surface area contributed by atoms with Gasteiger partial charge in [0.15, 0.2) is 11.5 Å². The van der Waals surface area contributed by atoms with Crippen LogP contribution in [0.5, 0.6) is 0 Å². The van der Waals surface area contributed by atoms with Gasteiger partial charge in [-0.15, -0.1) is 0 Å². The van der Waals surface area contributed by atoms with Crippen molar-refractivity contribution in [2.45, 2.75) is 123 Å². The Hall–Kier alpha value is -3.82. The lowest BCUT2D eigenvalue weighted by molar-refractivity contribution is -0.290. The summed E-state index contributed by atoms with van der Waals surface area (Å²) in [5, 5.41) is 26.4. The quantitative estimate of drug-likeness (QED) is 0.186. The van der Waals surface area contributed by atoms with Gasteiger partial charge in [-0.2, -0.15) is 0 Å². The molecular weight excluding hydrogens is 682 g/mol. The van der Waals surface area contributed by atoms with Gasteiger partial charge in [0.2, 0.25) is 11.7 Å². The Kier molecular flexibility index (Phi) is 10.3. The van der Waals surface area contributed by atoms with Crippen LogP contribution in [0.3, 0.4) is 0 Å². The molecule has 3 aliphatic carbocycles. The van der Waals surface area contributed by atoms with Crippen LogP contribution in [0.2, 0.25) is 0 Å². The lowest BCUT2D eigenvalue weighted by Crippen LogP contribution is -2.79. The van der Waals surface area contributed by atoms with E-state index in [1.807, 2.05) is 6.92 Å². The molecule has 0 aromatic heterocycles. The fourth-order valence-corrected chi connectivity index (χ4v) is 9.65. The van der Waals surface area contributed by atoms with Crippen molar-refractivity contribution >= 4 is 35.8 Å². The molecule has 2 heterocycles. The molecule has 0 unspecified atom stereocenters. The molecule has 15 heteroatoms. The van der Waals surface area contributed by atoms with E-state index in [0.29, 0.717) is 17.6 Å². The number of hydrogen-bond acceptors (Lipinski definition) is 14. The smallest absolute Gasteiger partial charge is 0.408 e. The zero-order valence-corrected chi connectivity index (χ0v) is 31.4. The number of esters is 4. The molecule has 1 amide bonds. The van der Waals surface area contributed by atoms with E-state index in [1.165, 1.54) is 6.08 Å². The van der Waals surface area contributed by atoms with Gasteiger partial charge in [0, 0.05) is 23.8 Å². The van der Waals surface area contributed by atoms with E-state index in [4.69, 9.17) is 28.4 Å². The fourth-order valence-electron chi connectivity index (χ4n) is 9.65. The Morgan fingerprint density at radius 2 is 1.77 bits per heavy atom. The lowest BCUT2D eigenvalue weighted by atomic mass is 9.38. The maximum absolute atomic E-state index is 14.1. The molecule has 1 spiro atoms. The Bertz CT molecular complexity index is 1610. The molecule has 52 heavy (non-hydrogen) atoms. The second-order valence-electron chi connectivity index (χ2n) is 16.4. The van der Waals surface area contributed by atoms with Crippen molar-refractivity contribution in [3.05, 3.63) is 23.0 Å². The maximum atomic E-state index is 14.1. The minimum absolute atomic E-state index is 0.0540. The third-order valence-electron chi connectivity index (χ3n) is 11.8. The Balaban J connectivity index is 1.57. The number of carbonyl (C=O) groups excluding carboxylic acids is 6. The second-order valence-corrected chi connectivity index (χ2v) is 16.4. The van der Waals surface area contributed by atoms with E-state index < -0.39 is 112 Å². The van der Waals surface area contributed by atoms with Crippen LogP contribution >= 0.6 is 0 Å². The standard InChI is InChI=1S/C37H51NO14/c1-11-17(4)23(38-33(46)52-34(6,7)8)30(43)51-25-18(5)19-13-21-36-15-48-37(32(45)47-10,29(42)24(41)27(36)35(19,9)14-20(25)39)28(36)26(31(44)49-21)50-22(40)12-16(2)3/h12,17,19,21,23-24,26-29,41-42H,11,13-15H2,1-10H3,(H,38,46)/t17-,19-,21+,23-,24+,26+,27+,28+,29-,35-,36+,37-/m0/s1. The first-order chi connectivity index (χ1) is 24.1. The van der Waals surface area contributed by atoms with Crippen LogP contribution in [-0.2, 0) is 52.4 Å². The van der Waals surface area contributed by atoms with Crippen LogP contribution < -0.4 is 5.32 Å². The van der Waals surface area contributed by atoms with Gasteiger partial charge in [-0.05, 0) is 70.8 Å². The summed E-state index contributed by atoms with van der Waals surface area (Å²) in [6.45, 7) is 15.0. The summed E-state index contributed by atoms with van der Waals surface area (Å²) in [6.07, 6.45) is -5.84. The highest BCUT2D eigenvalue weighted by molar-refractivity contribution is 5.99. The molecule has 3 N–H and O–H groups in total. The summed E-state index contributed by atoms with van der Waals surface area (Å²) in [5.74, 6) is -8.06. The summed E-state index contributed by atoms with van der Waals surface area (Å²) < 4.78 is 34.1. The molecule has 2 bridgehead atoms.